The Kier molecular flexibility index (Phi) is 7.23. The Morgan fingerprint density at radius 2 is 1.83 bits per heavy atom. The molecular formula is C21H29N3O4S. The maximum Gasteiger partial charge on any atom is 0.243 e. The summed E-state index contributed by atoms with van der Waals surface area (Å²) < 4.78 is 32.4. The van der Waals surface area contributed by atoms with Gasteiger partial charge in [-0.25, -0.2) is 8.42 Å². The van der Waals surface area contributed by atoms with E-state index in [9.17, 15) is 13.2 Å². The summed E-state index contributed by atoms with van der Waals surface area (Å²) in [6, 6.07) is 10.0. The molecule has 0 spiro atoms. The van der Waals surface area contributed by atoms with Crippen LogP contribution in [0.2, 0.25) is 0 Å². The predicted octanol–water partition coefficient (Wildman–Crippen LogP) is 2.53. The highest BCUT2D eigenvalue weighted by Gasteiger charge is 2.26. The third-order valence-corrected chi connectivity index (χ3v) is 7.16. The highest BCUT2D eigenvalue weighted by Crippen LogP contribution is 2.21. The Labute approximate surface area is 172 Å². The number of carbonyl (C=O) groups excluding carboxylic acids is 1. The number of nitrogens with zero attached hydrogens (tertiary/aromatic N) is 2. The normalized spacial score (nSPS) is 16.8. The SMILES string of the molecule is CN(C)C(CNCC(=O)c1ccc(S(=O)(=O)N2CCCCC2)cc1)c1ccco1. The lowest BCUT2D eigenvalue weighted by atomic mass is 10.1. The lowest BCUT2D eigenvalue weighted by molar-refractivity contribution is 0.0987. The molecule has 0 radical (unpaired) electrons. The van der Waals surface area contributed by atoms with Gasteiger partial charge in [-0.05, 0) is 51.2 Å². The molecule has 3 rings (SSSR count). The molecule has 2 heterocycles. The predicted molar refractivity (Wildman–Crippen MR) is 111 cm³/mol. The second-order valence-corrected chi connectivity index (χ2v) is 9.48. The number of piperidine rings is 1. The number of sulfonamides is 1. The number of carbonyl (C=O) groups is 1. The molecule has 0 amide bonds. The fraction of sp³-hybridized carbons (Fsp3) is 0.476. The van der Waals surface area contributed by atoms with Crippen LogP contribution >= 0.6 is 0 Å². The van der Waals surface area contributed by atoms with Gasteiger partial charge < -0.3 is 9.73 Å². The molecule has 1 saturated heterocycles. The number of Topliss-reactive ketones (excluding diaryl/α,β-unsaturated/α-hetero) is 1. The standard InChI is InChI=1S/C21H29N3O4S/c1-23(2)19(21-7-6-14-28-21)15-22-16-20(25)17-8-10-18(11-9-17)29(26,27)24-12-4-3-5-13-24/h6-11,14,19,22H,3-5,12-13,15-16H2,1-2H3. The Balaban J connectivity index is 1.57. The van der Waals surface area contributed by atoms with Crippen LogP contribution in [0.1, 0.15) is 41.4 Å². The summed E-state index contributed by atoms with van der Waals surface area (Å²) in [4.78, 5) is 14.8. The summed E-state index contributed by atoms with van der Waals surface area (Å²) in [5.74, 6) is 0.756. The van der Waals surface area contributed by atoms with Crippen molar-refractivity contribution in [1.29, 1.82) is 0 Å². The average molecular weight is 420 g/mol. The summed E-state index contributed by atoms with van der Waals surface area (Å²) in [7, 11) is 0.436. The topological polar surface area (TPSA) is 82.9 Å². The first-order valence-corrected chi connectivity index (χ1v) is 11.4. The van der Waals surface area contributed by atoms with Crippen molar-refractivity contribution in [3.05, 3.63) is 54.0 Å². The molecule has 1 aromatic heterocycles. The second kappa shape index (κ2) is 9.67. The number of furan rings is 1. The van der Waals surface area contributed by atoms with E-state index in [2.05, 4.69) is 5.32 Å². The van der Waals surface area contributed by atoms with Gasteiger partial charge in [-0.3, -0.25) is 9.69 Å². The summed E-state index contributed by atoms with van der Waals surface area (Å²) in [5.41, 5.74) is 0.495. The molecule has 29 heavy (non-hydrogen) atoms. The van der Waals surface area contributed by atoms with E-state index >= 15 is 0 Å². The zero-order valence-electron chi connectivity index (χ0n) is 17.0. The number of likely N-dealkylation sites (N-methyl/N-ethyl adjacent to an activating group) is 1. The molecule has 1 aliphatic heterocycles. The summed E-state index contributed by atoms with van der Waals surface area (Å²) in [6.45, 7) is 1.86. The van der Waals surface area contributed by atoms with E-state index in [4.69, 9.17) is 4.42 Å². The molecule has 0 aliphatic carbocycles. The molecule has 158 valence electrons. The molecule has 8 heteroatoms. The third-order valence-electron chi connectivity index (χ3n) is 5.25. The molecular weight excluding hydrogens is 390 g/mol. The molecule has 1 N–H and O–H groups in total. The van der Waals surface area contributed by atoms with Crippen molar-refractivity contribution in [3.8, 4) is 0 Å². The van der Waals surface area contributed by atoms with E-state index in [1.54, 1.807) is 18.4 Å². The minimum Gasteiger partial charge on any atom is -0.468 e. The minimum atomic E-state index is -3.48. The fourth-order valence-electron chi connectivity index (χ4n) is 3.51. The first-order valence-electron chi connectivity index (χ1n) is 9.93. The zero-order chi connectivity index (χ0) is 20.9. The van der Waals surface area contributed by atoms with Crippen molar-refractivity contribution in [2.45, 2.75) is 30.2 Å². The minimum absolute atomic E-state index is 0.0230. The van der Waals surface area contributed by atoms with E-state index in [0.717, 1.165) is 25.0 Å². The fourth-order valence-corrected chi connectivity index (χ4v) is 5.03. The number of rotatable bonds is 9. The Bertz CT molecular complexity index is 887. The lowest BCUT2D eigenvalue weighted by Crippen LogP contribution is -2.35. The lowest BCUT2D eigenvalue weighted by Gasteiger charge is -2.25. The van der Waals surface area contributed by atoms with Gasteiger partial charge in [0.05, 0.1) is 23.7 Å². The number of ketones is 1. The van der Waals surface area contributed by atoms with Crippen molar-refractivity contribution >= 4 is 15.8 Å². The van der Waals surface area contributed by atoms with Crippen molar-refractivity contribution in [2.75, 3.05) is 40.3 Å². The molecule has 1 unspecified atom stereocenters. The molecule has 0 saturated carbocycles. The maximum atomic E-state index is 12.7. The van der Waals surface area contributed by atoms with E-state index in [-0.39, 0.29) is 23.3 Å². The second-order valence-electron chi connectivity index (χ2n) is 7.54. The molecule has 1 aromatic carbocycles. The molecule has 7 nitrogen and oxygen atoms in total. The highest BCUT2D eigenvalue weighted by molar-refractivity contribution is 7.89. The monoisotopic (exact) mass is 419 g/mol. The summed E-state index contributed by atoms with van der Waals surface area (Å²) in [6.07, 6.45) is 4.50. The molecule has 1 atom stereocenters. The van der Waals surface area contributed by atoms with Crippen LogP contribution in [0.15, 0.2) is 52.0 Å². The van der Waals surface area contributed by atoms with Crippen molar-refractivity contribution < 1.29 is 17.6 Å². The summed E-state index contributed by atoms with van der Waals surface area (Å²) in [5, 5.41) is 3.17. The van der Waals surface area contributed by atoms with Gasteiger partial charge in [-0.2, -0.15) is 4.31 Å². The van der Waals surface area contributed by atoms with Gasteiger partial charge in [-0.1, -0.05) is 18.6 Å². The van der Waals surface area contributed by atoms with Crippen LogP contribution in [0.4, 0.5) is 0 Å². The first-order chi connectivity index (χ1) is 13.9. The van der Waals surface area contributed by atoms with E-state index < -0.39 is 10.0 Å². The van der Waals surface area contributed by atoms with Gasteiger partial charge in [0, 0.05) is 25.2 Å². The number of nitrogens with one attached hydrogen (secondary N) is 1. The van der Waals surface area contributed by atoms with Crippen molar-refractivity contribution in [2.24, 2.45) is 0 Å². The number of hydrogen-bond donors (Lipinski definition) is 1. The Hall–Kier alpha value is -2.00. The van der Waals surface area contributed by atoms with Gasteiger partial charge >= 0.3 is 0 Å². The average Bonchev–Trinajstić information content (AvgIpc) is 3.26. The molecule has 2 aromatic rings. The number of benzene rings is 1. The van der Waals surface area contributed by atoms with Gasteiger partial charge in [0.1, 0.15) is 5.76 Å². The molecule has 1 aliphatic rings. The van der Waals surface area contributed by atoms with Crippen LogP contribution in [-0.2, 0) is 10.0 Å². The first kappa shape index (κ1) is 21.7. The van der Waals surface area contributed by atoms with E-state index in [0.29, 0.717) is 25.2 Å². The maximum absolute atomic E-state index is 12.7. The van der Waals surface area contributed by atoms with E-state index in [1.165, 1.54) is 16.4 Å². The van der Waals surface area contributed by atoms with Gasteiger partial charge in [-0.15, -0.1) is 0 Å². The van der Waals surface area contributed by atoms with Crippen LogP contribution in [-0.4, -0.2) is 63.7 Å². The Morgan fingerprint density at radius 3 is 2.41 bits per heavy atom. The van der Waals surface area contributed by atoms with Crippen LogP contribution in [0.3, 0.4) is 0 Å². The summed E-state index contributed by atoms with van der Waals surface area (Å²) >= 11 is 0. The van der Waals surface area contributed by atoms with Crippen molar-refractivity contribution in [3.63, 3.8) is 0 Å². The molecule has 1 fully saturated rings. The quantitative estimate of drug-likeness (QED) is 0.629. The van der Waals surface area contributed by atoms with Gasteiger partial charge in [0.15, 0.2) is 5.78 Å². The third kappa shape index (κ3) is 5.33. The van der Waals surface area contributed by atoms with Crippen LogP contribution in [0.5, 0.6) is 0 Å². The van der Waals surface area contributed by atoms with Crippen molar-refractivity contribution in [1.82, 2.24) is 14.5 Å². The highest BCUT2D eigenvalue weighted by atomic mass is 32.2. The zero-order valence-corrected chi connectivity index (χ0v) is 17.8. The van der Waals surface area contributed by atoms with Gasteiger partial charge in [0.2, 0.25) is 10.0 Å². The van der Waals surface area contributed by atoms with Gasteiger partial charge in [0.25, 0.3) is 0 Å². The Morgan fingerprint density at radius 1 is 1.14 bits per heavy atom. The largest absolute Gasteiger partial charge is 0.468 e. The van der Waals surface area contributed by atoms with Crippen LogP contribution < -0.4 is 5.32 Å². The molecule has 0 bridgehead atoms. The van der Waals surface area contributed by atoms with Crippen LogP contribution in [0, 0.1) is 0 Å². The van der Waals surface area contributed by atoms with E-state index in [1.807, 2.05) is 31.1 Å². The van der Waals surface area contributed by atoms with Crippen LogP contribution in [0.25, 0.3) is 0 Å². The number of hydrogen-bond acceptors (Lipinski definition) is 6. The smallest absolute Gasteiger partial charge is 0.243 e.